The number of aliphatic hydroxyl groups is 1. The van der Waals surface area contributed by atoms with Gasteiger partial charge in [-0.1, -0.05) is 51.5 Å². The molecule has 2 nitrogen and oxygen atoms in total. The van der Waals surface area contributed by atoms with E-state index in [1.807, 2.05) is 19.9 Å². The number of carbonyl (C=O) groups is 1. The van der Waals surface area contributed by atoms with Crippen LogP contribution >= 0.6 is 0 Å². The number of rotatable bonds is 6. The average Bonchev–Trinajstić information content (AvgIpc) is 2.85. The molecule has 2 rings (SSSR count). The quantitative estimate of drug-likeness (QED) is 0.714. The van der Waals surface area contributed by atoms with Gasteiger partial charge in [0.2, 0.25) is 0 Å². The van der Waals surface area contributed by atoms with Gasteiger partial charge in [-0.05, 0) is 49.9 Å². The third kappa shape index (κ3) is 3.22. The Morgan fingerprint density at radius 2 is 2.14 bits per heavy atom. The second-order valence-corrected chi connectivity index (χ2v) is 7.53. The van der Waals surface area contributed by atoms with E-state index in [9.17, 15) is 9.90 Å². The van der Waals surface area contributed by atoms with Gasteiger partial charge in [-0.2, -0.15) is 0 Å². The maximum absolute atomic E-state index is 12.2. The van der Waals surface area contributed by atoms with Crippen molar-refractivity contribution in [3.63, 3.8) is 0 Å². The molecule has 1 N–H and O–H groups in total. The first-order chi connectivity index (χ1) is 10.4. The number of Topliss-reactive ketones (excluding diaryl/α,β-unsaturated/α-hetero) is 1. The fraction of sp³-hybridized carbons (Fsp3) is 0.750. The summed E-state index contributed by atoms with van der Waals surface area (Å²) in [5.74, 6) is 1.15. The predicted molar refractivity (Wildman–Crippen MR) is 91.6 cm³/mol. The molecule has 0 aromatic carbocycles. The molecule has 2 heteroatoms. The Balaban J connectivity index is 2.03. The molecule has 3 atom stereocenters. The lowest BCUT2D eigenvalue weighted by Crippen LogP contribution is -2.36. The highest BCUT2D eigenvalue weighted by molar-refractivity contribution is 5.84. The summed E-state index contributed by atoms with van der Waals surface area (Å²) in [6.45, 7) is 8.61. The van der Waals surface area contributed by atoms with E-state index < -0.39 is 5.60 Å². The molecule has 0 aromatic rings. The van der Waals surface area contributed by atoms with E-state index in [1.54, 1.807) is 0 Å². The lowest BCUT2D eigenvalue weighted by Gasteiger charge is -2.40. The SMILES string of the molecule is CCC(O)(C=CCC(C)C1=CC[C@H]2C(=O)CCC[C@@]12C)CC. The molecule has 0 bridgehead atoms. The van der Waals surface area contributed by atoms with Crippen molar-refractivity contribution in [1.29, 1.82) is 0 Å². The van der Waals surface area contributed by atoms with Crippen LogP contribution in [-0.4, -0.2) is 16.5 Å². The molecular formula is C20H32O2. The van der Waals surface area contributed by atoms with Gasteiger partial charge in [0, 0.05) is 12.3 Å². The normalized spacial score (nSPS) is 30.5. The van der Waals surface area contributed by atoms with Gasteiger partial charge < -0.3 is 5.11 Å². The number of hydrogen-bond donors (Lipinski definition) is 1. The molecule has 0 heterocycles. The minimum atomic E-state index is -0.656. The lowest BCUT2D eigenvalue weighted by atomic mass is 9.63. The molecule has 2 aliphatic rings. The number of ketones is 1. The van der Waals surface area contributed by atoms with Crippen molar-refractivity contribution in [2.45, 2.75) is 78.2 Å². The zero-order chi connectivity index (χ0) is 16.4. The van der Waals surface area contributed by atoms with Gasteiger partial charge in [0.25, 0.3) is 0 Å². The summed E-state index contributed by atoms with van der Waals surface area (Å²) in [5.41, 5.74) is 0.914. The summed E-state index contributed by atoms with van der Waals surface area (Å²) in [6.07, 6.45) is 12.8. The second kappa shape index (κ2) is 6.70. The van der Waals surface area contributed by atoms with Crippen LogP contribution in [-0.2, 0) is 4.79 Å². The van der Waals surface area contributed by atoms with Crippen molar-refractivity contribution in [2.24, 2.45) is 17.3 Å². The van der Waals surface area contributed by atoms with Gasteiger partial charge >= 0.3 is 0 Å². The summed E-state index contributed by atoms with van der Waals surface area (Å²) in [4.78, 5) is 12.2. The molecule has 1 saturated carbocycles. The molecule has 0 saturated heterocycles. The fourth-order valence-corrected chi connectivity index (χ4v) is 4.42. The minimum absolute atomic E-state index is 0.0917. The van der Waals surface area contributed by atoms with E-state index in [0.717, 1.165) is 44.9 Å². The van der Waals surface area contributed by atoms with Crippen molar-refractivity contribution in [3.05, 3.63) is 23.8 Å². The summed E-state index contributed by atoms with van der Waals surface area (Å²) in [6, 6.07) is 0. The molecule has 0 aromatic heterocycles. The zero-order valence-electron chi connectivity index (χ0n) is 14.7. The highest BCUT2D eigenvalue weighted by Gasteiger charge is 2.47. The van der Waals surface area contributed by atoms with Crippen LogP contribution in [0.5, 0.6) is 0 Å². The molecule has 124 valence electrons. The largest absolute Gasteiger partial charge is 0.386 e. The van der Waals surface area contributed by atoms with Crippen LogP contribution < -0.4 is 0 Å². The Morgan fingerprint density at radius 3 is 2.77 bits per heavy atom. The van der Waals surface area contributed by atoms with Crippen LogP contribution in [0.1, 0.15) is 72.6 Å². The maximum Gasteiger partial charge on any atom is 0.137 e. The average molecular weight is 304 g/mol. The van der Waals surface area contributed by atoms with E-state index in [1.165, 1.54) is 5.57 Å². The number of allylic oxidation sites excluding steroid dienone is 3. The van der Waals surface area contributed by atoms with Gasteiger partial charge in [0.1, 0.15) is 5.78 Å². The van der Waals surface area contributed by atoms with E-state index in [-0.39, 0.29) is 11.3 Å². The molecule has 2 aliphatic carbocycles. The Labute approximate surface area is 135 Å². The highest BCUT2D eigenvalue weighted by atomic mass is 16.3. The third-order valence-electron chi connectivity index (χ3n) is 6.18. The molecule has 0 spiro atoms. The molecule has 0 amide bonds. The van der Waals surface area contributed by atoms with Crippen LogP contribution in [0, 0.1) is 17.3 Å². The standard InChI is InChI=1S/C20H32O2/c1-5-20(22,6-2)14-7-9-15(3)16-11-12-17-18(21)10-8-13-19(16,17)4/h7,11,14-15,17,22H,5-6,8-10,12-13H2,1-4H3/t15?,17-,19-/m0/s1. The van der Waals surface area contributed by atoms with Gasteiger partial charge in [0.05, 0.1) is 5.60 Å². The maximum atomic E-state index is 12.2. The van der Waals surface area contributed by atoms with Crippen LogP contribution in [0.25, 0.3) is 0 Å². The summed E-state index contributed by atoms with van der Waals surface area (Å²) >= 11 is 0. The van der Waals surface area contributed by atoms with Crippen LogP contribution in [0.15, 0.2) is 23.8 Å². The van der Waals surface area contributed by atoms with E-state index in [4.69, 9.17) is 0 Å². The van der Waals surface area contributed by atoms with Crippen LogP contribution in [0.2, 0.25) is 0 Å². The second-order valence-electron chi connectivity index (χ2n) is 7.53. The van der Waals surface area contributed by atoms with Gasteiger partial charge in [-0.3, -0.25) is 4.79 Å². The number of fused-ring (bicyclic) bond motifs is 1. The zero-order valence-corrected chi connectivity index (χ0v) is 14.7. The van der Waals surface area contributed by atoms with Crippen molar-refractivity contribution >= 4 is 5.78 Å². The predicted octanol–water partition coefficient (Wildman–Crippen LogP) is 4.83. The highest BCUT2D eigenvalue weighted by Crippen LogP contribution is 2.53. The minimum Gasteiger partial charge on any atom is -0.386 e. The van der Waals surface area contributed by atoms with Crippen molar-refractivity contribution in [1.82, 2.24) is 0 Å². The monoisotopic (exact) mass is 304 g/mol. The summed E-state index contributed by atoms with van der Waals surface area (Å²) in [5, 5.41) is 10.3. The van der Waals surface area contributed by atoms with Crippen LogP contribution in [0.3, 0.4) is 0 Å². The first-order valence-electron chi connectivity index (χ1n) is 8.99. The Hall–Kier alpha value is -0.890. The molecule has 1 fully saturated rings. The van der Waals surface area contributed by atoms with Gasteiger partial charge in [-0.25, -0.2) is 0 Å². The number of carbonyl (C=O) groups excluding carboxylic acids is 1. The first-order valence-corrected chi connectivity index (χ1v) is 8.99. The van der Waals surface area contributed by atoms with Gasteiger partial charge in [0.15, 0.2) is 0 Å². The Morgan fingerprint density at radius 1 is 1.45 bits per heavy atom. The lowest BCUT2D eigenvalue weighted by molar-refractivity contribution is -0.128. The Kier molecular flexibility index (Phi) is 5.32. The molecule has 22 heavy (non-hydrogen) atoms. The van der Waals surface area contributed by atoms with Crippen molar-refractivity contribution in [3.8, 4) is 0 Å². The molecular weight excluding hydrogens is 272 g/mol. The van der Waals surface area contributed by atoms with Crippen molar-refractivity contribution in [2.75, 3.05) is 0 Å². The number of hydrogen-bond acceptors (Lipinski definition) is 2. The van der Waals surface area contributed by atoms with Crippen LogP contribution in [0.4, 0.5) is 0 Å². The van der Waals surface area contributed by atoms with Crippen molar-refractivity contribution < 1.29 is 9.90 Å². The third-order valence-corrected chi connectivity index (χ3v) is 6.18. The molecule has 0 aliphatic heterocycles. The van der Waals surface area contributed by atoms with E-state index >= 15 is 0 Å². The molecule has 1 unspecified atom stereocenters. The smallest absolute Gasteiger partial charge is 0.137 e. The van der Waals surface area contributed by atoms with E-state index in [0.29, 0.717) is 11.7 Å². The molecule has 0 radical (unpaired) electrons. The topological polar surface area (TPSA) is 37.3 Å². The first kappa shape index (κ1) is 17.5. The fourth-order valence-electron chi connectivity index (χ4n) is 4.42. The summed E-state index contributed by atoms with van der Waals surface area (Å²) in [7, 11) is 0. The Bertz CT molecular complexity index is 470. The van der Waals surface area contributed by atoms with Gasteiger partial charge in [-0.15, -0.1) is 0 Å². The van der Waals surface area contributed by atoms with E-state index in [2.05, 4.69) is 26.0 Å². The summed E-state index contributed by atoms with van der Waals surface area (Å²) < 4.78 is 0.